The van der Waals surface area contributed by atoms with Crippen LogP contribution in [0.2, 0.25) is 0 Å². The zero-order valence-corrected chi connectivity index (χ0v) is 10.3. The third kappa shape index (κ3) is 2.97. The van der Waals surface area contributed by atoms with Gasteiger partial charge in [-0.25, -0.2) is 14.4 Å². The number of halogens is 1. The first-order chi connectivity index (χ1) is 8.54. The number of aryl methyl sites for hydroxylation is 1. The summed E-state index contributed by atoms with van der Waals surface area (Å²) in [6.07, 6.45) is 0.198. The first-order valence-corrected chi connectivity index (χ1v) is 5.64. The molecule has 18 heavy (non-hydrogen) atoms. The number of rotatable bonds is 3. The molecule has 0 spiro atoms. The van der Waals surface area contributed by atoms with Crippen molar-refractivity contribution in [1.29, 1.82) is 0 Å². The Balaban J connectivity index is 2.44. The average Bonchev–Trinajstić information content (AvgIpc) is 2.27. The van der Waals surface area contributed by atoms with Gasteiger partial charge in [0, 0.05) is 11.3 Å². The fourth-order valence-corrected chi connectivity index (χ4v) is 1.73. The van der Waals surface area contributed by atoms with Gasteiger partial charge < -0.3 is 0 Å². The van der Waals surface area contributed by atoms with Gasteiger partial charge in [0.25, 0.3) is 0 Å². The minimum atomic E-state index is -0.308. The van der Waals surface area contributed by atoms with E-state index in [9.17, 15) is 9.18 Å². The summed E-state index contributed by atoms with van der Waals surface area (Å²) in [5.74, 6) is 0.171. The normalized spacial score (nSPS) is 10.4. The van der Waals surface area contributed by atoms with Gasteiger partial charge in [0.1, 0.15) is 17.4 Å². The molecular weight excluding hydrogens is 231 g/mol. The number of ketones is 1. The summed E-state index contributed by atoms with van der Waals surface area (Å²) < 4.78 is 13.2. The maximum atomic E-state index is 13.2. The molecule has 0 saturated heterocycles. The summed E-state index contributed by atoms with van der Waals surface area (Å²) in [4.78, 5) is 19.6. The highest BCUT2D eigenvalue weighted by Gasteiger charge is 2.07. The highest BCUT2D eigenvalue weighted by atomic mass is 19.1. The lowest BCUT2D eigenvalue weighted by molar-refractivity contribution is -0.116. The SMILES string of the molecule is CC(=O)Cc1nc(C)cc(-c2cccc(F)c2)n1. The molecule has 4 heteroatoms. The number of carbonyl (C=O) groups excluding carboxylic acids is 1. The van der Waals surface area contributed by atoms with E-state index in [1.165, 1.54) is 19.1 Å². The monoisotopic (exact) mass is 244 g/mol. The van der Waals surface area contributed by atoms with E-state index >= 15 is 0 Å². The maximum Gasteiger partial charge on any atom is 0.137 e. The molecule has 2 rings (SSSR count). The number of hydrogen-bond acceptors (Lipinski definition) is 3. The van der Waals surface area contributed by atoms with Gasteiger partial charge in [-0.2, -0.15) is 0 Å². The molecule has 0 radical (unpaired) electrons. The topological polar surface area (TPSA) is 42.9 Å². The van der Waals surface area contributed by atoms with Crippen molar-refractivity contribution >= 4 is 5.78 Å². The van der Waals surface area contributed by atoms with Crippen molar-refractivity contribution in [1.82, 2.24) is 9.97 Å². The van der Waals surface area contributed by atoms with Crippen molar-refractivity contribution in [3.63, 3.8) is 0 Å². The van der Waals surface area contributed by atoms with E-state index in [0.29, 0.717) is 17.1 Å². The first kappa shape index (κ1) is 12.4. The van der Waals surface area contributed by atoms with Crippen LogP contribution in [0.5, 0.6) is 0 Å². The van der Waals surface area contributed by atoms with Crippen molar-refractivity contribution in [3.05, 3.63) is 47.7 Å². The second-order valence-corrected chi connectivity index (χ2v) is 4.20. The second-order valence-electron chi connectivity index (χ2n) is 4.20. The fraction of sp³-hybridized carbons (Fsp3) is 0.214. The lowest BCUT2D eigenvalue weighted by atomic mass is 10.1. The number of Topliss-reactive ketones (excluding diaryl/α,β-unsaturated/α-hetero) is 1. The predicted octanol–water partition coefficient (Wildman–Crippen LogP) is 2.72. The molecule has 0 aliphatic carbocycles. The average molecular weight is 244 g/mol. The van der Waals surface area contributed by atoms with Crippen LogP contribution >= 0.6 is 0 Å². The molecule has 0 N–H and O–H groups in total. The van der Waals surface area contributed by atoms with Crippen molar-refractivity contribution in [3.8, 4) is 11.3 Å². The fourth-order valence-electron chi connectivity index (χ4n) is 1.73. The van der Waals surface area contributed by atoms with Gasteiger partial charge in [-0.15, -0.1) is 0 Å². The van der Waals surface area contributed by atoms with Crippen LogP contribution in [-0.4, -0.2) is 15.8 Å². The minimum Gasteiger partial charge on any atom is -0.300 e. The van der Waals surface area contributed by atoms with Crippen LogP contribution < -0.4 is 0 Å². The molecule has 0 fully saturated rings. The Kier molecular flexibility index (Phi) is 3.46. The molecule has 0 aliphatic rings. The van der Waals surface area contributed by atoms with E-state index in [1.807, 2.05) is 6.92 Å². The van der Waals surface area contributed by atoms with Crippen LogP contribution in [0.25, 0.3) is 11.3 Å². The molecule has 0 unspecified atom stereocenters. The quantitative estimate of drug-likeness (QED) is 0.833. The summed E-state index contributed by atoms with van der Waals surface area (Å²) in [7, 11) is 0. The highest BCUT2D eigenvalue weighted by Crippen LogP contribution is 2.18. The zero-order valence-electron chi connectivity index (χ0n) is 10.3. The van der Waals surface area contributed by atoms with Crippen molar-refractivity contribution < 1.29 is 9.18 Å². The second kappa shape index (κ2) is 5.04. The molecule has 1 aromatic heterocycles. The highest BCUT2D eigenvalue weighted by molar-refractivity contribution is 5.77. The number of nitrogens with zero attached hydrogens (tertiary/aromatic N) is 2. The predicted molar refractivity (Wildman–Crippen MR) is 66.5 cm³/mol. The smallest absolute Gasteiger partial charge is 0.137 e. The Labute approximate surface area is 105 Å². The van der Waals surface area contributed by atoms with E-state index < -0.39 is 0 Å². The van der Waals surface area contributed by atoms with Gasteiger partial charge in [-0.1, -0.05) is 12.1 Å². The van der Waals surface area contributed by atoms with Crippen molar-refractivity contribution in [2.75, 3.05) is 0 Å². The number of carbonyl (C=O) groups is 1. The van der Waals surface area contributed by atoms with Crippen LogP contribution in [0.15, 0.2) is 30.3 Å². The standard InChI is InChI=1S/C14H13FN2O/c1-9-6-13(11-4-3-5-12(15)8-11)17-14(16-9)7-10(2)18/h3-6,8H,7H2,1-2H3. The molecule has 3 nitrogen and oxygen atoms in total. The molecule has 0 aliphatic heterocycles. The molecule has 92 valence electrons. The zero-order chi connectivity index (χ0) is 13.1. The molecule has 0 bridgehead atoms. The van der Waals surface area contributed by atoms with Crippen LogP contribution in [-0.2, 0) is 11.2 Å². The largest absolute Gasteiger partial charge is 0.300 e. The summed E-state index contributed by atoms with van der Waals surface area (Å²) in [6.45, 7) is 3.32. The minimum absolute atomic E-state index is 0.00536. The van der Waals surface area contributed by atoms with Crippen LogP contribution in [0, 0.1) is 12.7 Å². The Morgan fingerprint density at radius 1 is 1.28 bits per heavy atom. The Bertz CT molecular complexity index is 596. The Hall–Kier alpha value is -2.10. The van der Waals surface area contributed by atoms with Gasteiger partial charge in [-0.3, -0.25) is 4.79 Å². The van der Waals surface area contributed by atoms with Crippen LogP contribution in [0.3, 0.4) is 0 Å². The lowest BCUT2D eigenvalue weighted by Crippen LogP contribution is -2.04. The van der Waals surface area contributed by atoms with E-state index in [0.717, 1.165) is 5.69 Å². The van der Waals surface area contributed by atoms with Crippen LogP contribution in [0.1, 0.15) is 18.4 Å². The maximum absolute atomic E-state index is 13.2. The molecule has 1 aromatic carbocycles. The van der Waals surface area contributed by atoms with Gasteiger partial charge in [0.2, 0.25) is 0 Å². The number of benzene rings is 1. The van der Waals surface area contributed by atoms with E-state index in [4.69, 9.17) is 0 Å². The molecule has 1 heterocycles. The van der Waals surface area contributed by atoms with E-state index in [1.54, 1.807) is 18.2 Å². The van der Waals surface area contributed by atoms with E-state index in [2.05, 4.69) is 9.97 Å². The van der Waals surface area contributed by atoms with Gasteiger partial charge in [-0.05, 0) is 32.0 Å². The summed E-state index contributed by atoms with van der Waals surface area (Å²) in [6, 6.07) is 7.99. The van der Waals surface area contributed by atoms with Crippen molar-refractivity contribution in [2.45, 2.75) is 20.3 Å². The molecule has 0 amide bonds. The van der Waals surface area contributed by atoms with Gasteiger partial charge in [0.15, 0.2) is 0 Å². The van der Waals surface area contributed by atoms with Gasteiger partial charge in [0.05, 0.1) is 12.1 Å². The van der Waals surface area contributed by atoms with Gasteiger partial charge >= 0.3 is 0 Å². The van der Waals surface area contributed by atoms with E-state index in [-0.39, 0.29) is 18.0 Å². The molecule has 2 aromatic rings. The van der Waals surface area contributed by atoms with Crippen LogP contribution in [0.4, 0.5) is 4.39 Å². The molecule has 0 atom stereocenters. The third-order valence-corrected chi connectivity index (χ3v) is 2.43. The number of aromatic nitrogens is 2. The Morgan fingerprint density at radius 2 is 2.06 bits per heavy atom. The summed E-state index contributed by atoms with van der Waals surface area (Å²) >= 11 is 0. The summed E-state index contributed by atoms with van der Waals surface area (Å²) in [5, 5.41) is 0. The Morgan fingerprint density at radius 3 is 2.72 bits per heavy atom. The first-order valence-electron chi connectivity index (χ1n) is 5.64. The summed E-state index contributed by atoms with van der Waals surface area (Å²) in [5.41, 5.74) is 2.09. The van der Waals surface area contributed by atoms with Crippen molar-refractivity contribution in [2.24, 2.45) is 0 Å². The third-order valence-electron chi connectivity index (χ3n) is 2.43. The molecular formula is C14H13FN2O. The number of hydrogen-bond donors (Lipinski definition) is 0. The lowest BCUT2D eigenvalue weighted by Gasteiger charge is -2.05. The molecule has 0 saturated carbocycles.